The van der Waals surface area contributed by atoms with Crippen LogP contribution in [0.5, 0.6) is 0 Å². The first-order valence-electron chi connectivity index (χ1n) is 9.39. The van der Waals surface area contributed by atoms with Crippen molar-refractivity contribution in [1.82, 2.24) is 14.5 Å². The lowest BCUT2D eigenvalue weighted by molar-refractivity contribution is -0.133. The number of fused-ring (bicyclic) bond motifs is 3. The van der Waals surface area contributed by atoms with Gasteiger partial charge in [-0.3, -0.25) is 14.2 Å². The van der Waals surface area contributed by atoms with Crippen LogP contribution in [0.15, 0.2) is 11.1 Å². The molecule has 4 rings (SSSR count). The molecular weight excluding hydrogens is 386 g/mol. The minimum atomic E-state index is -3.07. The van der Waals surface area contributed by atoms with E-state index in [4.69, 9.17) is 0 Å². The SMILES string of the molecule is CCCN(C(=O)Cn1cnc2sc3c(c2c1=O)CCC3)C1CCS(=O)(=O)C1. The molecule has 1 fully saturated rings. The Bertz CT molecular complexity index is 1050. The van der Waals surface area contributed by atoms with Gasteiger partial charge in [0, 0.05) is 17.5 Å². The van der Waals surface area contributed by atoms with E-state index in [9.17, 15) is 18.0 Å². The maximum absolute atomic E-state index is 13.0. The third kappa shape index (κ3) is 3.42. The molecule has 1 atom stereocenters. The van der Waals surface area contributed by atoms with Crippen molar-refractivity contribution in [3.63, 3.8) is 0 Å². The Hall–Kier alpha value is -1.74. The molecular formula is C18H23N3O4S2. The van der Waals surface area contributed by atoms with Crippen LogP contribution in [0.3, 0.4) is 0 Å². The van der Waals surface area contributed by atoms with Crippen LogP contribution in [0.1, 0.15) is 36.6 Å². The third-order valence-corrected chi connectivity index (χ3v) is 8.38. The second-order valence-electron chi connectivity index (χ2n) is 7.36. The number of carbonyl (C=O) groups is 1. The number of amides is 1. The third-order valence-electron chi connectivity index (χ3n) is 5.43. The van der Waals surface area contributed by atoms with Crippen molar-refractivity contribution >= 4 is 37.3 Å². The second-order valence-corrected chi connectivity index (χ2v) is 10.7. The average molecular weight is 410 g/mol. The Balaban J connectivity index is 1.61. The molecule has 2 aromatic rings. The van der Waals surface area contributed by atoms with Gasteiger partial charge in [-0.1, -0.05) is 6.92 Å². The van der Waals surface area contributed by atoms with Gasteiger partial charge in [-0.25, -0.2) is 13.4 Å². The molecule has 27 heavy (non-hydrogen) atoms. The normalized spacial score (nSPS) is 20.9. The van der Waals surface area contributed by atoms with E-state index in [2.05, 4.69) is 4.98 Å². The number of hydrogen-bond donors (Lipinski definition) is 0. The zero-order valence-electron chi connectivity index (χ0n) is 15.3. The Labute approximate surface area is 161 Å². The monoisotopic (exact) mass is 409 g/mol. The van der Waals surface area contributed by atoms with E-state index in [0.717, 1.165) is 36.1 Å². The molecule has 1 unspecified atom stereocenters. The molecule has 0 bridgehead atoms. The summed E-state index contributed by atoms with van der Waals surface area (Å²) in [5.41, 5.74) is 0.935. The molecule has 2 aliphatic rings. The molecule has 0 aromatic carbocycles. The Morgan fingerprint density at radius 1 is 1.41 bits per heavy atom. The van der Waals surface area contributed by atoms with Crippen LogP contribution in [-0.2, 0) is 34.0 Å². The van der Waals surface area contributed by atoms with Crippen LogP contribution in [0.4, 0.5) is 0 Å². The van der Waals surface area contributed by atoms with Gasteiger partial charge in [0.05, 0.1) is 23.2 Å². The zero-order chi connectivity index (χ0) is 19.2. The van der Waals surface area contributed by atoms with E-state index in [1.165, 1.54) is 15.8 Å². The fraction of sp³-hybridized carbons (Fsp3) is 0.611. The van der Waals surface area contributed by atoms with E-state index < -0.39 is 9.84 Å². The molecule has 9 heteroatoms. The van der Waals surface area contributed by atoms with Gasteiger partial charge in [0.25, 0.3) is 5.56 Å². The number of rotatable bonds is 5. The summed E-state index contributed by atoms with van der Waals surface area (Å²) in [4.78, 5) is 33.9. The van der Waals surface area contributed by atoms with E-state index >= 15 is 0 Å². The highest BCUT2D eigenvalue weighted by Crippen LogP contribution is 2.34. The fourth-order valence-electron chi connectivity index (χ4n) is 4.14. The van der Waals surface area contributed by atoms with E-state index in [1.54, 1.807) is 16.2 Å². The Morgan fingerprint density at radius 3 is 2.93 bits per heavy atom. The second kappa shape index (κ2) is 7.01. The molecule has 0 spiro atoms. The molecule has 0 radical (unpaired) electrons. The predicted molar refractivity (Wildman–Crippen MR) is 105 cm³/mol. The maximum Gasteiger partial charge on any atom is 0.262 e. The molecule has 7 nitrogen and oxygen atoms in total. The summed E-state index contributed by atoms with van der Waals surface area (Å²) in [6, 6.07) is -0.291. The van der Waals surface area contributed by atoms with Gasteiger partial charge < -0.3 is 4.90 Å². The average Bonchev–Trinajstić information content (AvgIpc) is 3.29. The maximum atomic E-state index is 13.0. The highest BCUT2D eigenvalue weighted by molar-refractivity contribution is 7.91. The summed E-state index contributed by atoms with van der Waals surface area (Å²) in [5, 5.41) is 0.660. The van der Waals surface area contributed by atoms with E-state index in [0.29, 0.717) is 18.4 Å². The summed E-state index contributed by atoms with van der Waals surface area (Å²) in [6.45, 7) is 2.36. The molecule has 0 saturated carbocycles. The smallest absolute Gasteiger partial charge is 0.262 e. The summed E-state index contributed by atoms with van der Waals surface area (Å²) in [7, 11) is -3.07. The van der Waals surface area contributed by atoms with Crippen molar-refractivity contribution in [2.24, 2.45) is 0 Å². The Kier molecular flexibility index (Phi) is 4.84. The van der Waals surface area contributed by atoms with Crippen molar-refractivity contribution in [3.8, 4) is 0 Å². The molecule has 1 aliphatic carbocycles. The first-order valence-corrected chi connectivity index (χ1v) is 12.0. The van der Waals surface area contributed by atoms with Crippen molar-refractivity contribution in [2.75, 3.05) is 18.1 Å². The molecule has 1 amide bonds. The van der Waals surface area contributed by atoms with Crippen LogP contribution < -0.4 is 5.56 Å². The molecule has 3 heterocycles. The van der Waals surface area contributed by atoms with Gasteiger partial charge in [-0.2, -0.15) is 0 Å². The van der Waals surface area contributed by atoms with Gasteiger partial charge in [-0.05, 0) is 37.7 Å². The summed E-state index contributed by atoms with van der Waals surface area (Å²) in [5.74, 6) is -0.0723. The number of hydrogen-bond acceptors (Lipinski definition) is 6. The van der Waals surface area contributed by atoms with Crippen molar-refractivity contribution in [1.29, 1.82) is 0 Å². The lowest BCUT2D eigenvalue weighted by atomic mass is 10.2. The highest BCUT2D eigenvalue weighted by Gasteiger charge is 2.34. The van der Waals surface area contributed by atoms with Gasteiger partial charge in [0.1, 0.15) is 11.4 Å². The highest BCUT2D eigenvalue weighted by atomic mass is 32.2. The summed E-state index contributed by atoms with van der Waals surface area (Å²) < 4.78 is 25.0. The standard InChI is InChI=1S/C18H23N3O4S2/c1-2-7-21(12-6-8-27(24,25)10-12)15(22)9-20-11-19-17-16(18(20)23)13-4-3-5-14(13)26-17/h11-12H,2-10H2,1H3. The number of aryl methyl sites for hydroxylation is 2. The quantitative estimate of drug-likeness (QED) is 0.744. The molecule has 146 valence electrons. The summed E-state index contributed by atoms with van der Waals surface area (Å²) >= 11 is 1.58. The molecule has 1 aliphatic heterocycles. The number of carbonyl (C=O) groups excluding carboxylic acids is 1. The van der Waals surface area contributed by atoms with Crippen LogP contribution >= 0.6 is 11.3 Å². The van der Waals surface area contributed by atoms with Gasteiger partial charge >= 0.3 is 0 Å². The van der Waals surface area contributed by atoms with Crippen LogP contribution in [0, 0.1) is 0 Å². The molecule has 2 aromatic heterocycles. The molecule has 0 N–H and O–H groups in total. The van der Waals surface area contributed by atoms with Crippen molar-refractivity contribution in [2.45, 2.75) is 51.6 Å². The number of nitrogens with zero attached hydrogens (tertiary/aromatic N) is 3. The van der Waals surface area contributed by atoms with Crippen LogP contribution in [0.2, 0.25) is 0 Å². The number of sulfone groups is 1. The van der Waals surface area contributed by atoms with Gasteiger partial charge in [0.2, 0.25) is 5.91 Å². The van der Waals surface area contributed by atoms with E-state index in [1.807, 2.05) is 6.92 Å². The van der Waals surface area contributed by atoms with Crippen molar-refractivity contribution < 1.29 is 13.2 Å². The first kappa shape index (κ1) is 18.6. The number of aromatic nitrogens is 2. The minimum absolute atomic E-state index is 0.0168. The first-order chi connectivity index (χ1) is 12.9. The van der Waals surface area contributed by atoms with Crippen LogP contribution in [0.25, 0.3) is 10.2 Å². The fourth-order valence-corrected chi connectivity index (χ4v) is 7.09. The van der Waals surface area contributed by atoms with Crippen molar-refractivity contribution in [3.05, 3.63) is 27.1 Å². The van der Waals surface area contributed by atoms with Gasteiger partial charge in [0.15, 0.2) is 9.84 Å². The Morgan fingerprint density at radius 2 is 2.22 bits per heavy atom. The van der Waals surface area contributed by atoms with E-state index in [-0.39, 0.29) is 35.6 Å². The van der Waals surface area contributed by atoms with Crippen LogP contribution in [-0.4, -0.2) is 52.9 Å². The molecule has 1 saturated heterocycles. The lowest BCUT2D eigenvalue weighted by Crippen LogP contribution is -2.44. The van der Waals surface area contributed by atoms with Gasteiger partial charge in [-0.15, -0.1) is 11.3 Å². The number of thiophene rings is 1. The largest absolute Gasteiger partial charge is 0.337 e. The summed E-state index contributed by atoms with van der Waals surface area (Å²) in [6.07, 6.45) is 5.61. The minimum Gasteiger partial charge on any atom is -0.337 e. The zero-order valence-corrected chi connectivity index (χ0v) is 16.9. The predicted octanol–water partition coefficient (Wildman–Crippen LogP) is 1.37. The topological polar surface area (TPSA) is 89.3 Å². The lowest BCUT2D eigenvalue weighted by Gasteiger charge is -2.28.